The topological polar surface area (TPSA) is 88.4 Å². The molecule has 9 nitrogen and oxygen atoms in total. The molecule has 2 saturated heterocycles. The maximum atomic E-state index is 13.2. The Morgan fingerprint density at radius 2 is 1.79 bits per heavy atom. The Morgan fingerprint density at radius 1 is 1.03 bits per heavy atom. The van der Waals surface area contributed by atoms with Gasteiger partial charge in [-0.15, -0.1) is 10.2 Å². The molecule has 1 N–H and O–H groups in total. The van der Waals surface area contributed by atoms with Crippen LogP contribution in [0.15, 0.2) is 48.8 Å². The Bertz CT molecular complexity index is 1110. The zero-order chi connectivity index (χ0) is 22.8. The lowest BCUT2D eigenvalue weighted by atomic mass is 10.1. The van der Waals surface area contributed by atoms with Gasteiger partial charge in [-0.1, -0.05) is 6.07 Å². The average molecular weight is 448 g/mol. The number of hydrogen-bond donors (Lipinski definition) is 1. The van der Waals surface area contributed by atoms with Gasteiger partial charge in [0.05, 0.1) is 0 Å². The lowest BCUT2D eigenvalue weighted by molar-refractivity contribution is 0.0904. The van der Waals surface area contributed by atoms with Crippen molar-refractivity contribution in [2.45, 2.75) is 38.8 Å². The molecule has 0 spiro atoms. The van der Waals surface area contributed by atoms with Crippen molar-refractivity contribution in [1.82, 2.24) is 19.7 Å². The van der Waals surface area contributed by atoms with Crippen LogP contribution in [0.3, 0.4) is 0 Å². The van der Waals surface area contributed by atoms with Gasteiger partial charge in [0.25, 0.3) is 0 Å². The first-order valence-electron chi connectivity index (χ1n) is 11.5. The number of nitrogens with one attached hydrogen (secondary N) is 1. The van der Waals surface area contributed by atoms with Crippen molar-refractivity contribution in [3.8, 4) is 11.5 Å². The Morgan fingerprint density at radius 3 is 2.55 bits per heavy atom. The molecule has 0 unspecified atom stereocenters. The van der Waals surface area contributed by atoms with Crippen LogP contribution in [-0.2, 0) is 4.74 Å². The molecular weight excluding hydrogens is 418 g/mol. The van der Waals surface area contributed by atoms with Crippen molar-refractivity contribution in [3.05, 3.63) is 48.8 Å². The van der Waals surface area contributed by atoms with E-state index in [-0.39, 0.29) is 12.1 Å². The number of hydrogen-bond acceptors (Lipinski definition) is 6. The number of nitrogens with zero attached hydrogens (tertiary/aromatic N) is 6. The van der Waals surface area contributed by atoms with E-state index < -0.39 is 0 Å². The fraction of sp³-hybridized carbons (Fsp3) is 0.417. The Balaban J connectivity index is 1.30. The third-order valence-corrected chi connectivity index (χ3v) is 6.15. The molecular formula is C24H29N7O2. The van der Waals surface area contributed by atoms with Gasteiger partial charge in [-0.3, -0.25) is 9.80 Å². The van der Waals surface area contributed by atoms with Crippen LogP contribution in [0.1, 0.15) is 32.7 Å². The van der Waals surface area contributed by atoms with E-state index in [0.29, 0.717) is 36.5 Å². The van der Waals surface area contributed by atoms with Crippen LogP contribution in [0.25, 0.3) is 11.5 Å². The van der Waals surface area contributed by atoms with E-state index in [1.807, 2.05) is 47.0 Å². The summed E-state index contributed by atoms with van der Waals surface area (Å²) in [5, 5.41) is 11.8. The zero-order valence-electron chi connectivity index (χ0n) is 19.0. The monoisotopic (exact) mass is 447 g/mol. The summed E-state index contributed by atoms with van der Waals surface area (Å²) in [5.41, 5.74) is 2.65. The highest BCUT2D eigenvalue weighted by molar-refractivity contribution is 6.05. The van der Waals surface area contributed by atoms with Crippen LogP contribution < -0.4 is 15.1 Å². The fourth-order valence-corrected chi connectivity index (χ4v) is 4.31. The molecule has 0 bridgehead atoms. The molecule has 172 valence electrons. The fourth-order valence-electron chi connectivity index (χ4n) is 4.31. The second-order valence-corrected chi connectivity index (χ2v) is 8.70. The van der Waals surface area contributed by atoms with E-state index >= 15 is 0 Å². The Hall–Kier alpha value is -3.46. The number of carbonyl (C=O) groups excluding carboxylic acids is 1. The van der Waals surface area contributed by atoms with Gasteiger partial charge in [0, 0.05) is 49.8 Å². The molecule has 2 fully saturated rings. The largest absolute Gasteiger partial charge is 0.382 e. The molecule has 3 aromatic rings. The van der Waals surface area contributed by atoms with E-state index in [4.69, 9.17) is 9.72 Å². The molecule has 0 saturated carbocycles. The predicted octanol–water partition coefficient (Wildman–Crippen LogP) is 3.96. The number of rotatable bonds is 6. The van der Waals surface area contributed by atoms with Crippen molar-refractivity contribution in [2.75, 3.05) is 41.4 Å². The maximum Gasteiger partial charge on any atom is 0.330 e. The number of pyridine rings is 1. The summed E-state index contributed by atoms with van der Waals surface area (Å²) in [4.78, 5) is 21.5. The number of anilines is 3. The van der Waals surface area contributed by atoms with Crippen LogP contribution in [-0.4, -0.2) is 58.1 Å². The number of aromatic nitrogens is 4. The van der Waals surface area contributed by atoms with Gasteiger partial charge < -0.3 is 14.6 Å². The smallest absolute Gasteiger partial charge is 0.330 e. The number of urea groups is 1. The molecule has 0 radical (unpaired) electrons. The molecule has 0 atom stereocenters. The first-order chi connectivity index (χ1) is 16.1. The van der Waals surface area contributed by atoms with Crippen LogP contribution >= 0.6 is 0 Å². The van der Waals surface area contributed by atoms with E-state index in [2.05, 4.69) is 29.4 Å². The van der Waals surface area contributed by atoms with Crippen molar-refractivity contribution in [2.24, 2.45) is 0 Å². The average Bonchev–Trinajstić information content (AvgIpc) is 3.48. The Kier molecular flexibility index (Phi) is 5.95. The van der Waals surface area contributed by atoms with Gasteiger partial charge in [-0.2, -0.15) is 0 Å². The van der Waals surface area contributed by atoms with Gasteiger partial charge in [0.2, 0.25) is 0 Å². The summed E-state index contributed by atoms with van der Waals surface area (Å²) in [5.74, 6) is 1.32. The summed E-state index contributed by atoms with van der Waals surface area (Å²) in [6.45, 7) is 6.94. The van der Waals surface area contributed by atoms with Gasteiger partial charge in [0.15, 0.2) is 5.82 Å². The van der Waals surface area contributed by atoms with E-state index in [9.17, 15) is 4.79 Å². The minimum absolute atomic E-state index is 0.0740. The lowest BCUT2D eigenvalue weighted by Crippen LogP contribution is -2.32. The Labute approximate surface area is 193 Å². The van der Waals surface area contributed by atoms with E-state index in [0.717, 1.165) is 37.4 Å². The highest BCUT2D eigenvalue weighted by atomic mass is 16.5. The van der Waals surface area contributed by atoms with Crippen LogP contribution in [0.5, 0.6) is 0 Å². The molecule has 0 aliphatic carbocycles. The normalized spacial score (nSPS) is 17.2. The lowest BCUT2D eigenvalue weighted by Gasteiger charge is -2.24. The first kappa shape index (κ1) is 21.4. The van der Waals surface area contributed by atoms with Crippen molar-refractivity contribution < 1.29 is 9.53 Å². The predicted molar refractivity (Wildman–Crippen MR) is 128 cm³/mol. The van der Waals surface area contributed by atoms with E-state index in [1.54, 1.807) is 16.1 Å². The molecule has 4 heterocycles. The zero-order valence-corrected chi connectivity index (χ0v) is 19.0. The van der Waals surface area contributed by atoms with Crippen molar-refractivity contribution in [3.63, 3.8) is 0 Å². The number of benzene rings is 1. The molecule has 2 amide bonds. The SMILES string of the molecule is CC(C)n1cnnc1-c1cccc(N2CCN(c3ccc(NC4CCOCC4)cc3)C2=O)n1. The summed E-state index contributed by atoms with van der Waals surface area (Å²) in [6, 6.07) is 14.3. The molecule has 1 aromatic carbocycles. The summed E-state index contributed by atoms with van der Waals surface area (Å²) in [7, 11) is 0. The molecule has 2 aliphatic heterocycles. The van der Waals surface area contributed by atoms with Gasteiger partial charge >= 0.3 is 6.03 Å². The minimum Gasteiger partial charge on any atom is -0.382 e. The summed E-state index contributed by atoms with van der Waals surface area (Å²) < 4.78 is 7.40. The van der Waals surface area contributed by atoms with Gasteiger partial charge in [-0.25, -0.2) is 9.78 Å². The molecule has 9 heteroatoms. The van der Waals surface area contributed by atoms with Crippen molar-refractivity contribution in [1.29, 1.82) is 0 Å². The van der Waals surface area contributed by atoms with Crippen LogP contribution in [0.2, 0.25) is 0 Å². The third kappa shape index (κ3) is 4.41. The molecule has 5 rings (SSSR count). The van der Waals surface area contributed by atoms with Crippen LogP contribution in [0, 0.1) is 0 Å². The molecule has 2 aromatic heterocycles. The number of amides is 2. The standard InChI is InChI=1S/C24H29N7O2/c1-17(2)31-16-25-28-23(31)21-4-3-5-22(27-21)30-13-12-29(24(30)32)20-8-6-18(7-9-20)26-19-10-14-33-15-11-19/h3-9,16-17,19,26H,10-15H2,1-2H3. The first-order valence-corrected chi connectivity index (χ1v) is 11.5. The van der Waals surface area contributed by atoms with Gasteiger partial charge in [0.1, 0.15) is 17.8 Å². The summed E-state index contributed by atoms with van der Waals surface area (Å²) >= 11 is 0. The van der Waals surface area contributed by atoms with E-state index in [1.165, 1.54) is 0 Å². The second kappa shape index (κ2) is 9.19. The van der Waals surface area contributed by atoms with Gasteiger partial charge in [-0.05, 0) is 63.1 Å². The molecule has 2 aliphatic rings. The van der Waals surface area contributed by atoms with Crippen molar-refractivity contribution >= 4 is 23.2 Å². The van der Waals surface area contributed by atoms with Crippen LogP contribution in [0.4, 0.5) is 22.0 Å². The number of ether oxygens (including phenoxy) is 1. The minimum atomic E-state index is -0.0740. The summed E-state index contributed by atoms with van der Waals surface area (Å²) in [6.07, 6.45) is 3.74. The highest BCUT2D eigenvalue weighted by Gasteiger charge is 2.31. The second-order valence-electron chi connectivity index (χ2n) is 8.70. The quantitative estimate of drug-likeness (QED) is 0.615. The third-order valence-electron chi connectivity index (χ3n) is 6.15. The highest BCUT2D eigenvalue weighted by Crippen LogP contribution is 2.27. The number of carbonyl (C=O) groups is 1. The molecule has 33 heavy (non-hydrogen) atoms. The maximum absolute atomic E-state index is 13.2.